The summed E-state index contributed by atoms with van der Waals surface area (Å²) in [6.45, 7) is 0. The van der Waals surface area contributed by atoms with Crippen LogP contribution in [-0.4, -0.2) is 34.1 Å². The molecular weight excluding hydrogens is 362 g/mol. The highest BCUT2D eigenvalue weighted by atomic mass is 32.1. The molecule has 140 valence electrons. The van der Waals surface area contributed by atoms with Crippen molar-refractivity contribution in [2.24, 2.45) is 0 Å². The van der Waals surface area contributed by atoms with Gasteiger partial charge in [0.25, 0.3) is 0 Å². The maximum Gasteiger partial charge on any atom is 0.233 e. The second-order valence-electron chi connectivity index (χ2n) is 7.31. The van der Waals surface area contributed by atoms with Crippen molar-refractivity contribution >= 4 is 39.1 Å². The van der Waals surface area contributed by atoms with Crippen LogP contribution in [-0.2, 0) is 24.1 Å². The van der Waals surface area contributed by atoms with Gasteiger partial charge in [0.1, 0.15) is 22.7 Å². The minimum absolute atomic E-state index is 0.122. The van der Waals surface area contributed by atoms with E-state index in [0.29, 0.717) is 17.7 Å². The first kappa shape index (κ1) is 16.7. The highest BCUT2D eigenvalue weighted by Gasteiger charge is 2.31. The van der Waals surface area contributed by atoms with Crippen LogP contribution in [0.2, 0.25) is 0 Å². The number of amides is 1. The van der Waals surface area contributed by atoms with Crippen LogP contribution in [0, 0.1) is 0 Å². The molecule has 2 aliphatic carbocycles. The molecule has 27 heavy (non-hydrogen) atoms. The Morgan fingerprint density at radius 1 is 1.33 bits per heavy atom. The number of rotatable bonds is 5. The van der Waals surface area contributed by atoms with Gasteiger partial charge in [-0.3, -0.25) is 4.79 Å². The van der Waals surface area contributed by atoms with E-state index in [0.717, 1.165) is 23.5 Å². The van der Waals surface area contributed by atoms with E-state index in [2.05, 4.69) is 22.4 Å². The molecule has 7 nitrogen and oxygen atoms in total. The van der Waals surface area contributed by atoms with Gasteiger partial charge in [0, 0.05) is 24.0 Å². The fourth-order valence-corrected chi connectivity index (χ4v) is 5.03. The van der Waals surface area contributed by atoms with Gasteiger partial charge >= 0.3 is 0 Å². The topological polar surface area (TPSA) is 84.2 Å². The van der Waals surface area contributed by atoms with Gasteiger partial charge in [-0.05, 0) is 44.1 Å². The van der Waals surface area contributed by atoms with Crippen molar-refractivity contribution in [1.29, 1.82) is 0 Å². The first-order valence-electron chi connectivity index (χ1n) is 9.43. The minimum Gasteiger partial charge on any atom is -0.363 e. The zero-order chi connectivity index (χ0) is 18.4. The SMILES string of the molecule is CN(c1nc(CC(=O)Nc2ccon2)nc2sc3c(c12)CCCC3)C1CC1. The number of aromatic nitrogens is 3. The fourth-order valence-electron chi connectivity index (χ4n) is 3.76. The lowest BCUT2D eigenvalue weighted by atomic mass is 9.97. The van der Waals surface area contributed by atoms with Crippen molar-refractivity contribution in [2.75, 3.05) is 17.3 Å². The number of aryl methyl sites for hydroxylation is 2. The Balaban J connectivity index is 1.52. The molecule has 0 aromatic carbocycles. The molecule has 0 atom stereocenters. The molecule has 3 heterocycles. The molecule has 1 fully saturated rings. The van der Waals surface area contributed by atoms with Crippen LogP contribution in [0.5, 0.6) is 0 Å². The van der Waals surface area contributed by atoms with Crippen LogP contribution >= 0.6 is 11.3 Å². The molecule has 2 aliphatic rings. The maximum absolute atomic E-state index is 12.4. The third-order valence-electron chi connectivity index (χ3n) is 5.29. The molecule has 5 rings (SSSR count). The molecule has 3 aromatic rings. The Kier molecular flexibility index (Phi) is 4.07. The number of carbonyl (C=O) groups excluding carboxylic acids is 1. The Morgan fingerprint density at radius 2 is 2.19 bits per heavy atom. The van der Waals surface area contributed by atoms with E-state index in [4.69, 9.17) is 14.5 Å². The fraction of sp³-hybridized carbons (Fsp3) is 0.474. The summed E-state index contributed by atoms with van der Waals surface area (Å²) < 4.78 is 4.75. The second-order valence-corrected chi connectivity index (χ2v) is 8.39. The molecule has 3 aromatic heterocycles. The number of hydrogen-bond acceptors (Lipinski definition) is 7. The van der Waals surface area contributed by atoms with Gasteiger partial charge in [-0.25, -0.2) is 9.97 Å². The Morgan fingerprint density at radius 3 is 2.96 bits per heavy atom. The summed E-state index contributed by atoms with van der Waals surface area (Å²) in [7, 11) is 2.12. The molecule has 0 spiro atoms. The first-order chi connectivity index (χ1) is 13.2. The van der Waals surface area contributed by atoms with Gasteiger partial charge in [0.05, 0.1) is 11.8 Å². The standard InChI is InChI=1S/C19H21N5O2S/c1-24(11-6-7-11)18-17-12-4-2-3-5-13(12)27-19(17)22-15(21-18)10-16(25)20-14-8-9-26-23-14/h8-9,11H,2-7,10H2,1H3,(H,20,23,25). The lowest BCUT2D eigenvalue weighted by Gasteiger charge is -2.20. The van der Waals surface area contributed by atoms with Crippen molar-refractivity contribution in [3.8, 4) is 0 Å². The summed E-state index contributed by atoms with van der Waals surface area (Å²) in [4.78, 5) is 26.7. The maximum atomic E-state index is 12.4. The van der Waals surface area contributed by atoms with E-state index >= 15 is 0 Å². The van der Waals surface area contributed by atoms with Crippen molar-refractivity contribution in [3.63, 3.8) is 0 Å². The quantitative estimate of drug-likeness (QED) is 0.727. The molecular formula is C19H21N5O2S. The highest BCUT2D eigenvalue weighted by Crippen LogP contribution is 2.41. The molecule has 1 amide bonds. The van der Waals surface area contributed by atoms with Crippen LogP contribution in [0.4, 0.5) is 11.6 Å². The number of carbonyl (C=O) groups is 1. The predicted octanol–water partition coefficient (Wildman–Crippen LogP) is 3.34. The summed E-state index contributed by atoms with van der Waals surface area (Å²) >= 11 is 1.77. The van der Waals surface area contributed by atoms with E-state index in [1.807, 2.05) is 0 Å². The normalized spacial score (nSPS) is 16.3. The summed E-state index contributed by atoms with van der Waals surface area (Å²) in [5, 5.41) is 7.65. The van der Waals surface area contributed by atoms with E-state index in [9.17, 15) is 4.79 Å². The molecule has 1 N–H and O–H groups in total. The largest absolute Gasteiger partial charge is 0.363 e. The summed E-state index contributed by atoms with van der Waals surface area (Å²) in [6, 6.07) is 2.17. The van der Waals surface area contributed by atoms with Gasteiger partial charge < -0.3 is 14.7 Å². The van der Waals surface area contributed by atoms with Gasteiger partial charge in [-0.1, -0.05) is 5.16 Å². The third kappa shape index (κ3) is 3.18. The highest BCUT2D eigenvalue weighted by molar-refractivity contribution is 7.19. The van der Waals surface area contributed by atoms with Gasteiger partial charge in [-0.15, -0.1) is 11.3 Å². The lowest BCUT2D eigenvalue weighted by molar-refractivity contribution is -0.115. The summed E-state index contributed by atoms with van der Waals surface area (Å²) in [5.41, 5.74) is 1.43. The van der Waals surface area contributed by atoms with Crippen molar-refractivity contribution < 1.29 is 9.32 Å². The zero-order valence-electron chi connectivity index (χ0n) is 15.2. The van der Waals surface area contributed by atoms with Gasteiger partial charge in [-0.2, -0.15) is 0 Å². The van der Waals surface area contributed by atoms with Crippen LogP contribution < -0.4 is 10.2 Å². The average molecular weight is 383 g/mol. The van der Waals surface area contributed by atoms with Crippen molar-refractivity contribution in [3.05, 3.63) is 28.6 Å². The van der Waals surface area contributed by atoms with E-state index in [-0.39, 0.29) is 12.3 Å². The molecule has 8 heteroatoms. The Labute approximate surface area is 160 Å². The zero-order valence-corrected chi connectivity index (χ0v) is 16.0. The van der Waals surface area contributed by atoms with Crippen LogP contribution in [0.3, 0.4) is 0 Å². The van der Waals surface area contributed by atoms with Crippen LogP contribution in [0.25, 0.3) is 10.2 Å². The smallest absolute Gasteiger partial charge is 0.233 e. The predicted molar refractivity (Wildman–Crippen MR) is 104 cm³/mol. The number of fused-ring (bicyclic) bond motifs is 3. The Bertz CT molecular complexity index is 993. The molecule has 0 radical (unpaired) electrons. The number of nitrogens with zero attached hydrogens (tertiary/aromatic N) is 4. The number of anilines is 2. The van der Waals surface area contributed by atoms with Gasteiger partial charge in [0.15, 0.2) is 5.82 Å². The monoisotopic (exact) mass is 383 g/mol. The summed E-state index contributed by atoms with van der Waals surface area (Å²) in [6.07, 6.45) is 8.67. The molecule has 0 unspecified atom stereocenters. The minimum atomic E-state index is -0.190. The molecule has 0 aliphatic heterocycles. The number of hydrogen-bond donors (Lipinski definition) is 1. The number of thiophene rings is 1. The third-order valence-corrected chi connectivity index (χ3v) is 6.48. The van der Waals surface area contributed by atoms with E-state index in [1.54, 1.807) is 17.4 Å². The molecule has 0 bridgehead atoms. The average Bonchev–Trinajstić information content (AvgIpc) is 3.26. The van der Waals surface area contributed by atoms with Crippen molar-refractivity contribution in [2.45, 2.75) is 51.0 Å². The summed E-state index contributed by atoms with van der Waals surface area (Å²) in [5.74, 6) is 1.77. The molecule has 1 saturated carbocycles. The number of nitrogens with one attached hydrogen (secondary N) is 1. The second kappa shape index (κ2) is 6.60. The van der Waals surface area contributed by atoms with Crippen LogP contribution in [0.1, 0.15) is 41.9 Å². The van der Waals surface area contributed by atoms with E-state index < -0.39 is 0 Å². The van der Waals surface area contributed by atoms with Crippen LogP contribution in [0.15, 0.2) is 16.9 Å². The first-order valence-corrected chi connectivity index (χ1v) is 10.2. The Hall–Kier alpha value is -2.48. The van der Waals surface area contributed by atoms with Gasteiger partial charge in [0.2, 0.25) is 5.91 Å². The molecule has 0 saturated heterocycles. The van der Waals surface area contributed by atoms with Crippen molar-refractivity contribution in [1.82, 2.24) is 15.1 Å². The lowest BCUT2D eigenvalue weighted by Crippen LogP contribution is -2.23. The van der Waals surface area contributed by atoms with E-state index in [1.165, 1.54) is 47.8 Å².